The van der Waals surface area contributed by atoms with Crippen LogP contribution in [0.1, 0.15) is 11.7 Å². The number of anilines is 1. The van der Waals surface area contributed by atoms with Crippen LogP contribution in [0.25, 0.3) is 0 Å². The number of halogens is 2. The van der Waals surface area contributed by atoms with E-state index in [9.17, 15) is 5.11 Å². The normalized spacial score (nSPS) is 12.9. The lowest BCUT2D eigenvalue weighted by Gasteiger charge is -2.09. The van der Waals surface area contributed by atoms with Gasteiger partial charge in [-0.05, 0) is 12.1 Å². The monoisotopic (exact) mass is 205 g/mol. The third-order valence-electron chi connectivity index (χ3n) is 1.55. The molecule has 0 saturated carbocycles. The number of aliphatic hydroxyl groups excluding tert-OH is 1. The van der Waals surface area contributed by atoms with Gasteiger partial charge in [-0.1, -0.05) is 17.7 Å². The van der Waals surface area contributed by atoms with Gasteiger partial charge in [0.15, 0.2) is 0 Å². The van der Waals surface area contributed by atoms with Crippen molar-refractivity contribution in [2.45, 2.75) is 6.10 Å². The predicted octanol–water partition coefficient (Wildman–Crippen LogP) is 2.19. The number of aliphatic hydroxyl groups is 1. The van der Waals surface area contributed by atoms with E-state index in [-0.39, 0.29) is 5.88 Å². The minimum absolute atomic E-state index is 0.131. The maximum atomic E-state index is 9.35. The average molecular weight is 206 g/mol. The zero-order valence-electron chi connectivity index (χ0n) is 6.30. The zero-order valence-corrected chi connectivity index (χ0v) is 7.81. The number of hydrogen-bond acceptors (Lipinski definition) is 2. The molecule has 0 radical (unpaired) electrons. The van der Waals surface area contributed by atoms with E-state index in [0.717, 1.165) is 0 Å². The van der Waals surface area contributed by atoms with E-state index in [1.54, 1.807) is 18.2 Å². The highest BCUT2D eigenvalue weighted by atomic mass is 35.5. The minimum atomic E-state index is -0.719. The van der Waals surface area contributed by atoms with Crippen LogP contribution in [0.5, 0.6) is 0 Å². The summed E-state index contributed by atoms with van der Waals surface area (Å²) in [5.41, 5.74) is 6.68. The summed E-state index contributed by atoms with van der Waals surface area (Å²) < 4.78 is 0. The SMILES string of the molecule is Nc1cc(Cl)ccc1C(O)CCl. The van der Waals surface area contributed by atoms with Crippen LogP contribution in [-0.4, -0.2) is 11.0 Å². The van der Waals surface area contributed by atoms with Crippen molar-refractivity contribution in [3.8, 4) is 0 Å². The average Bonchev–Trinajstić information content (AvgIpc) is 2.03. The van der Waals surface area contributed by atoms with E-state index in [2.05, 4.69) is 0 Å². The van der Waals surface area contributed by atoms with E-state index in [1.165, 1.54) is 0 Å². The van der Waals surface area contributed by atoms with Crippen LogP contribution in [0.15, 0.2) is 18.2 Å². The molecule has 0 heterocycles. The summed E-state index contributed by atoms with van der Waals surface area (Å²) in [4.78, 5) is 0. The Hall–Kier alpha value is -0.440. The lowest BCUT2D eigenvalue weighted by molar-refractivity contribution is 0.203. The van der Waals surface area contributed by atoms with Crippen LogP contribution in [0.2, 0.25) is 5.02 Å². The molecule has 1 unspecified atom stereocenters. The Labute approximate surface area is 80.9 Å². The van der Waals surface area contributed by atoms with Crippen molar-refractivity contribution in [2.75, 3.05) is 11.6 Å². The third kappa shape index (κ3) is 2.03. The third-order valence-corrected chi connectivity index (χ3v) is 2.08. The Morgan fingerprint density at radius 2 is 2.17 bits per heavy atom. The van der Waals surface area contributed by atoms with Crippen LogP contribution in [-0.2, 0) is 0 Å². The van der Waals surface area contributed by atoms with Gasteiger partial charge in [-0.25, -0.2) is 0 Å². The number of rotatable bonds is 2. The zero-order chi connectivity index (χ0) is 9.14. The second-order valence-electron chi connectivity index (χ2n) is 2.44. The van der Waals surface area contributed by atoms with Gasteiger partial charge in [0.2, 0.25) is 0 Å². The molecule has 2 nitrogen and oxygen atoms in total. The first kappa shape index (κ1) is 9.65. The second-order valence-corrected chi connectivity index (χ2v) is 3.19. The van der Waals surface area contributed by atoms with E-state index < -0.39 is 6.10 Å². The summed E-state index contributed by atoms with van der Waals surface area (Å²) in [6, 6.07) is 4.93. The highest BCUT2D eigenvalue weighted by Crippen LogP contribution is 2.24. The molecule has 0 aliphatic rings. The smallest absolute Gasteiger partial charge is 0.0945 e. The number of hydrogen-bond donors (Lipinski definition) is 2. The summed E-state index contributed by atoms with van der Waals surface area (Å²) in [6.07, 6.45) is -0.719. The van der Waals surface area contributed by atoms with Crippen LogP contribution in [0.3, 0.4) is 0 Å². The summed E-state index contributed by atoms with van der Waals surface area (Å²) in [5, 5.41) is 9.90. The molecule has 4 heteroatoms. The van der Waals surface area contributed by atoms with Crippen molar-refractivity contribution in [2.24, 2.45) is 0 Å². The Kier molecular flexibility index (Phi) is 3.20. The highest BCUT2D eigenvalue weighted by molar-refractivity contribution is 6.30. The molecular weight excluding hydrogens is 197 g/mol. The van der Waals surface area contributed by atoms with E-state index >= 15 is 0 Å². The van der Waals surface area contributed by atoms with Gasteiger partial charge < -0.3 is 10.8 Å². The Balaban J connectivity index is 3.01. The van der Waals surface area contributed by atoms with Crippen molar-refractivity contribution in [3.63, 3.8) is 0 Å². The van der Waals surface area contributed by atoms with Gasteiger partial charge in [0.1, 0.15) is 0 Å². The Morgan fingerprint density at radius 1 is 1.50 bits per heavy atom. The number of nitrogen functional groups attached to an aromatic ring is 1. The fraction of sp³-hybridized carbons (Fsp3) is 0.250. The Bertz CT molecular complexity index is 278. The number of benzene rings is 1. The minimum Gasteiger partial charge on any atom is -0.398 e. The van der Waals surface area contributed by atoms with Crippen molar-refractivity contribution in [1.82, 2.24) is 0 Å². The number of alkyl halides is 1. The molecule has 1 aromatic rings. The topological polar surface area (TPSA) is 46.2 Å². The lowest BCUT2D eigenvalue weighted by Crippen LogP contribution is -2.02. The Morgan fingerprint density at radius 3 is 2.67 bits per heavy atom. The molecule has 12 heavy (non-hydrogen) atoms. The molecule has 1 aromatic carbocycles. The summed E-state index contributed by atoms with van der Waals surface area (Å²) >= 11 is 11.1. The largest absolute Gasteiger partial charge is 0.398 e. The van der Waals surface area contributed by atoms with Gasteiger partial charge in [0.05, 0.1) is 12.0 Å². The summed E-state index contributed by atoms with van der Waals surface area (Å²) in [7, 11) is 0. The standard InChI is InChI=1S/C8H9Cl2NO/c9-4-8(12)6-2-1-5(10)3-7(6)11/h1-3,8,12H,4,11H2. The molecule has 1 atom stereocenters. The second kappa shape index (κ2) is 3.99. The van der Waals surface area contributed by atoms with Crippen LogP contribution >= 0.6 is 23.2 Å². The molecule has 0 amide bonds. The molecule has 0 aliphatic carbocycles. The molecule has 0 aromatic heterocycles. The van der Waals surface area contributed by atoms with Gasteiger partial charge in [-0.3, -0.25) is 0 Å². The molecule has 3 N–H and O–H groups in total. The van der Waals surface area contributed by atoms with Crippen LogP contribution in [0.4, 0.5) is 5.69 Å². The summed E-state index contributed by atoms with van der Waals surface area (Å²) in [6.45, 7) is 0. The molecule has 66 valence electrons. The van der Waals surface area contributed by atoms with Gasteiger partial charge >= 0.3 is 0 Å². The van der Waals surface area contributed by atoms with E-state index in [1.807, 2.05) is 0 Å². The van der Waals surface area contributed by atoms with Crippen molar-refractivity contribution in [3.05, 3.63) is 28.8 Å². The van der Waals surface area contributed by atoms with Gasteiger partial charge in [0.25, 0.3) is 0 Å². The van der Waals surface area contributed by atoms with Crippen molar-refractivity contribution < 1.29 is 5.11 Å². The molecule has 0 fully saturated rings. The maximum absolute atomic E-state index is 9.35. The molecular formula is C8H9Cl2NO. The molecule has 1 rings (SSSR count). The van der Waals surface area contributed by atoms with Crippen molar-refractivity contribution >= 4 is 28.9 Å². The van der Waals surface area contributed by atoms with Gasteiger partial charge in [-0.15, -0.1) is 11.6 Å². The summed E-state index contributed by atoms with van der Waals surface area (Å²) in [5.74, 6) is 0.131. The molecule has 0 aliphatic heterocycles. The predicted molar refractivity (Wildman–Crippen MR) is 51.5 cm³/mol. The fourth-order valence-electron chi connectivity index (χ4n) is 0.932. The number of nitrogens with two attached hydrogens (primary N) is 1. The van der Waals surface area contributed by atoms with Gasteiger partial charge in [-0.2, -0.15) is 0 Å². The highest BCUT2D eigenvalue weighted by Gasteiger charge is 2.09. The van der Waals surface area contributed by atoms with Crippen LogP contribution < -0.4 is 5.73 Å². The first-order chi connectivity index (χ1) is 5.65. The molecule has 0 spiro atoms. The fourth-order valence-corrected chi connectivity index (χ4v) is 1.28. The molecule has 0 bridgehead atoms. The first-order valence-electron chi connectivity index (χ1n) is 3.44. The van der Waals surface area contributed by atoms with Crippen LogP contribution in [0, 0.1) is 0 Å². The van der Waals surface area contributed by atoms with Crippen molar-refractivity contribution in [1.29, 1.82) is 0 Å². The quantitative estimate of drug-likeness (QED) is 0.575. The lowest BCUT2D eigenvalue weighted by atomic mass is 10.1. The molecule has 0 saturated heterocycles. The van der Waals surface area contributed by atoms with E-state index in [0.29, 0.717) is 16.3 Å². The first-order valence-corrected chi connectivity index (χ1v) is 4.35. The van der Waals surface area contributed by atoms with E-state index in [4.69, 9.17) is 28.9 Å². The maximum Gasteiger partial charge on any atom is 0.0945 e. The van der Waals surface area contributed by atoms with Gasteiger partial charge in [0, 0.05) is 16.3 Å².